The predicted molar refractivity (Wildman–Crippen MR) is 132 cm³/mol. The van der Waals surface area contributed by atoms with Crippen LogP contribution in [-0.2, 0) is 11.3 Å². The third-order valence-corrected chi connectivity index (χ3v) is 7.69. The minimum absolute atomic E-state index is 0.0228. The van der Waals surface area contributed by atoms with Crippen molar-refractivity contribution in [2.24, 2.45) is 0 Å². The van der Waals surface area contributed by atoms with E-state index in [1.807, 2.05) is 0 Å². The van der Waals surface area contributed by atoms with Gasteiger partial charge in [0, 0.05) is 30.8 Å². The summed E-state index contributed by atoms with van der Waals surface area (Å²) in [5.41, 5.74) is 4.04. The second kappa shape index (κ2) is 9.96. The lowest BCUT2D eigenvalue weighted by Crippen LogP contribution is -2.38. The van der Waals surface area contributed by atoms with Gasteiger partial charge in [-0.3, -0.25) is 9.69 Å². The molecule has 0 spiro atoms. The summed E-state index contributed by atoms with van der Waals surface area (Å²) in [6.07, 6.45) is 7.89. The minimum Gasteiger partial charge on any atom is -0.377 e. The summed E-state index contributed by atoms with van der Waals surface area (Å²) >= 11 is 0. The van der Waals surface area contributed by atoms with Crippen molar-refractivity contribution in [2.45, 2.75) is 90.4 Å². The number of aromatic amines is 1. The van der Waals surface area contributed by atoms with Gasteiger partial charge >= 0.3 is 0 Å². The number of nitrogens with zero attached hydrogens (tertiary/aromatic N) is 5. The molecule has 0 amide bonds. The first kappa shape index (κ1) is 23.2. The van der Waals surface area contributed by atoms with Crippen LogP contribution in [0.25, 0.3) is 10.9 Å². The Hall–Kier alpha value is -2.58. The molecule has 3 heterocycles. The third-order valence-electron chi connectivity index (χ3n) is 7.69. The van der Waals surface area contributed by atoms with Crippen molar-refractivity contribution in [1.29, 1.82) is 0 Å². The molecule has 0 bridgehead atoms. The van der Waals surface area contributed by atoms with Crippen LogP contribution in [0.5, 0.6) is 0 Å². The summed E-state index contributed by atoms with van der Waals surface area (Å²) in [5.74, 6) is 0.913. The number of ether oxygens (including phenoxy) is 1. The largest absolute Gasteiger partial charge is 0.377 e. The third kappa shape index (κ3) is 4.66. The zero-order valence-corrected chi connectivity index (χ0v) is 20.6. The quantitative estimate of drug-likeness (QED) is 0.532. The Bertz CT molecular complexity index is 1190. The van der Waals surface area contributed by atoms with Crippen molar-refractivity contribution in [3.05, 3.63) is 51.1 Å². The maximum absolute atomic E-state index is 13.1. The molecule has 2 fully saturated rings. The minimum atomic E-state index is -0.0293. The molecule has 3 aromatic rings. The molecule has 5 rings (SSSR count). The van der Waals surface area contributed by atoms with Crippen LogP contribution in [0.15, 0.2) is 23.0 Å². The van der Waals surface area contributed by atoms with Gasteiger partial charge in [-0.1, -0.05) is 19.8 Å². The number of H-pyrrole nitrogens is 1. The summed E-state index contributed by atoms with van der Waals surface area (Å²) in [7, 11) is 0. The van der Waals surface area contributed by atoms with Crippen molar-refractivity contribution in [3.8, 4) is 0 Å². The van der Waals surface area contributed by atoms with Crippen LogP contribution in [0.1, 0.15) is 86.5 Å². The van der Waals surface area contributed by atoms with Crippen LogP contribution in [0.2, 0.25) is 0 Å². The molecule has 1 saturated carbocycles. The van der Waals surface area contributed by atoms with Crippen LogP contribution in [0.3, 0.4) is 0 Å². The van der Waals surface area contributed by atoms with Gasteiger partial charge in [0.05, 0.1) is 18.2 Å². The van der Waals surface area contributed by atoms with Gasteiger partial charge in [0.2, 0.25) is 0 Å². The number of hydrogen-bond donors (Lipinski definition) is 1. The lowest BCUT2D eigenvalue weighted by Gasteiger charge is -2.32. The Morgan fingerprint density at radius 1 is 1.15 bits per heavy atom. The molecule has 2 aliphatic rings. The molecule has 1 aliphatic carbocycles. The van der Waals surface area contributed by atoms with Gasteiger partial charge in [-0.15, -0.1) is 5.10 Å². The molecule has 182 valence electrons. The normalized spacial score (nSPS) is 20.1. The van der Waals surface area contributed by atoms with E-state index in [-0.39, 0.29) is 17.7 Å². The number of hydrogen-bond acceptors (Lipinski definition) is 6. The highest BCUT2D eigenvalue weighted by Crippen LogP contribution is 2.33. The highest BCUT2D eigenvalue weighted by atomic mass is 16.5. The van der Waals surface area contributed by atoms with Crippen LogP contribution in [0, 0.1) is 13.8 Å². The van der Waals surface area contributed by atoms with E-state index < -0.39 is 0 Å². The first-order valence-electron chi connectivity index (χ1n) is 12.8. The summed E-state index contributed by atoms with van der Waals surface area (Å²) in [6.45, 7) is 8.47. The molecule has 1 aliphatic heterocycles. The predicted octanol–water partition coefficient (Wildman–Crippen LogP) is 4.38. The molecular formula is C26H36N6O2. The van der Waals surface area contributed by atoms with Crippen LogP contribution < -0.4 is 5.56 Å². The first-order valence-corrected chi connectivity index (χ1v) is 12.8. The lowest BCUT2D eigenvalue weighted by molar-refractivity contribution is 0.0484. The molecule has 0 radical (unpaired) electrons. The number of aryl methyl sites for hydroxylation is 2. The SMILES string of the molecule is CC[C@H](c1nnnn1C1CCCC1)N(Cc1cc2cc(C)c(C)cc2[nH]c1=O)C[C@H]1CCCO1. The maximum atomic E-state index is 13.1. The maximum Gasteiger partial charge on any atom is 0.252 e. The average molecular weight is 465 g/mol. The van der Waals surface area contributed by atoms with Crippen molar-refractivity contribution >= 4 is 10.9 Å². The fourth-order valence-corrected chi connectivity index (χ4v) is 5.64. The highest BCUT2D eigenvalue weighted by molar-refractivity contribution is 5.80. The van der Waals surface area contributed by atoms with E-state index in [0.29, 0.717) is 12.6 Å². The summed E-state index contributed by atoms with van der Waals surface area (Å²) < 4.78 is 8.06. The zero-order valence-electron chi connectivity index (χ0n) is 20.6. The van der Waals surface area contributed by atoms with E-state index >= 15 is 0 Å². The molecule has 8 heteroatoms. The standard InChI is InChI=1S/C26H36N6O2/c1-4-24(25-28-29-30-32(25)21-8-5-6-9-21)31(16-22-10-7-11-34-22)15-20-14-19-12-17(2)18(3)13-23(19)27-26(20)33/h12-14,21-22,24H,4-11,15-16H2,1-3H3,(H,27,33)/t22-,24-/m1/s1. The topological polar surface area (TPSA) is 88.9 Å². The van der Waals surface area contributed by atoms with Crippen molar-refractivity contribution in [2.75, 3.05) is 13.2 Å². The van der Waals surface area contributed by atoms with E-state index in [4.69, 9.17) is 4.74 Å². The number of pyridine rings is 1. The van der Waals surface area contributed by atoms with Crippen molar-refractivity contribution in [3.63, 3.8) is 0 Å². The summed E-state index contributed by atoms with van der Waals surface area (Å²) in [4.78, 5) is 18.6. The van der Waals surface area contributed by atoms with Crippen molar-refractivity contribution < 1.29 is 4.74 Å². The van der Waals surface area contributed by atoms with Crippen molar-refractivity contribution in [1.82, 2.24) is 30.1 Å². The lowest BCUT2D eigenvalue weighted by atomic mass is 10.0. The number of rotatable bonds is 8. The molecular weight excluding hydrogens is 428 g/mol. The Labute approximate surface area is 200 Å². The Balaban J connectivity index is 1.50. The van der Waals surface area contributed by atoms with Gasteiger partial charge in [-0.2, -0.15) is 0 Å². The average Bonchev–Trinajstić information content (AvgIpc) is 3.59. The zero-order chi connectivity index (χ0) is 23.7. The van der Waals surface area contributed by atoms with Gasteiger partial charge in [-0.05, 0) is 91.1 Å². The van der Waals surface area contributed by atoms with Crippen LogP contribution in [-0.4, -0.2) is 49.3 Å². The highest BCUT2D eigenvalue weighted by Gasteiger charge is 2.31. The number of nitrogens with one attached hydrogen (secondary N) is 1. The molecule has 8 nitrogen and oxygen atoms in total. The first-order chi connectivity index (χ1) is 16.5. The number of fused-ring (bicyclic) bond motifs is 1. The van der Waals surface area contributed by atoms with E-state index in [9.17, 15) is 4.79 Å². The van der Waals surface area contributed by atoms with Crippen LogP contribution >= 0.6 is 0 Å². The number of tetrazole rings is 1. The van der Waals surface area contributed by atoms with Crippen LogP contribution in [0.4, 0.5) is 0 Å². The molecule has 1 aromatic carbocycles. The van der Waals surface area contributed by atoms with E-state index in [1.165, 1.54) is 24.0 Å². The number of benzene rings is 1. The Morgan fingerprint density at radius 3 is 2.68 bits per heavy atom. The second-order valence-electron chi connectivity index (χ2n) is 10.1. The van der Waals surface area contributed by atoms with E-state index in [2.05, 4.69) is 69.1 Å². The fraction of sp³-hybridized carbons (Fsp3) is 0.615. The molecule has 2 aromatic heterocycles. The summed E-state index contributed by atoms with van der Waals surface area (Å²) in [5, 5.41) is 14.0. The van der Waals surface area contributed by atoms with Gasteiger partial charge in [0.15, 0.2) is 5.82 Å². The molecule has 34 heavy (non-hydrogen) atoms. The van der Waals surface area contributed by atoms with E-state index in [0.717, 1.165) is 67.5 Å². The second-order valence-corrected chi connectivity index (χ2v) is 10.1. The molecule has 2 atom stereocenters. The smallest absolute Gasteiger partial charge is 0.252 e. The Morgan fingerprint density at radius 2 is 1.94 bits per heavy atom. The van der Waals surface area contributed by atoms with Gasteiger partial charge < -0.3 is 9.72 Å². The molecule has 0 unspecified atom stereocenters. The van der Waals surface area contributed by atoms with Gasteiger partial charge in [-0.25, -0.2) is 4.68 Å². The summed E-state index contributed by atoms with van der Waals surface area (Å²) in [6, 6.07) is 6.67. The van der Waals surface area contributed by atoms with Gasteiger partial charge in [0.1, 0.15) is 0 Å². The van der Waals surface area contributed by atoms with E-state index in [1.54, 1.807) is 0 Å². The fourth-order valence-electron chi connectivity index (χ4n) is 5.64. The number of aromatic nitrogens is 5. The molecule has 1 N–H and O–H groups in total. The monoisotopic (exact) mass is 464 g/mol. The van der Waals surface area contributed by atoms with Gasteiger partial charge in [0.25, 0.3) is 5.56 Å². The molecule has 1 saturated heterocycles. The Kier molecular flexibility index (Phi) is 6.79.